The zero-order chi connectivity index (χ0) is 11.8. The van der Waals surface area contributed by atoms with Crippen LogP contribution < -0.4 is 5.32 Å². The molecule has 1 fully saturated rings. The second-order valence-corrected chi connectivity index (χ2v) is 4.93. The van der Waals surface area contributed by atoms with Crippen LogP contribution in [0.15, 0.2) is 0 Å². The number of nitrogens with zero attached hydrogens (tertiary/aromatic N) is 1. The lowest BCUT2D eigenvalue weighted by atomic mass is 9.98. The van der Waals surface area contributed by atoms with Crippen LogP contribution in [0.25, 0.3) is 0 Å². The fourth-order valence-electron chi connectivity index (χ4n) is 2.50. The molecule has 0 bridgehead atoms. The number of nitrogens with one attached hydrogen (secondary N) is 1. The van der Waals surface area contributed by atoms with Gasteiger partial charge in [0.25, 0.3) is 0 Å². The molecule has 0 amide bonds. The minimum Gasteiger partial charge on any atom is -0.385 e. The van der Waals surface area contributed by atoms with Crippen molar-refractivity contribution in [3.63, 3.8) is 0 Å². The largest absolute Gasteiger partial charge is 0.385 e. The Balaban J connectivity index is 2.28. The van der Waals surface area contributed by atoms with Crippen molar-refractivity contribution in [2.75, 3.05) is 39.9 Å². The molecule has 1 aliphatic rings. The molecule has 3 heteroatoms. The van der Waals surface area contributed by atoms with Crippen molar-refractivity contribution in [3.8, 4) is 0 Å². The molecule has 1 rings (SSSR count). The molecule has 2 unspecified atom stereocenters. The van der Waals surface area contributed by atoms with Gasteiger partial charge in [0.05, 0.1) is 0 Å². The summed E-state index contributed by atoms with van der Waals surface area (Å²) in [5, 5.41) is 3.50. The van der Waals surface area contributed by atoms with Gasteiger partial charge in [-0.3, -0.25) is 0 Å². The average Bonchev–Trinajstić information content (AvgIpc) is 2.34. The quantitative estimate of drug-likeness (QED) is 0.718. The van der Waals surface area contributed by atoms with E-state index in [1.807, 2.05) is 0 Å². The van der Waals surface area contributed by atoms with Crippen molar-refractivity contribution >= 4 is 0 Å². The number of methoxy groups -OCH3 is 1. The molecule has 1 N–H and O–H groups in total. The molecule has 0 aromatic heterocycles. The zero-order valence-corrected chi connectivity index (χ0v) is 11.2. The normalized spacial score (nSPS) is 23.6. The summed E-state index contributed by atoms with van der Waals surface area (Å²) < 4.78 is 5.16. The van der Waals surface area contributed by atoms with Gasteiger partial charge in [0.2, 0.25) is 0 Å². The molecule has 0 spiro atoms. The van der Waals surface area contributed by atoms with E-state index in [-0.39, 0.29) is 0 Å². The van der Waals surface area contributed by atoms with Gasteiger partial charge in [0.1, 0.15) is 0 Å². The minimum atomic E-state index is 0.645. The standard InChI is InChI=1S/C13H28N2O/c1-4-15(12(2)7-9-16-3)11-13-6-5-8-14-10-13/h12-14H,4-11H2,1-3H3. The molecule has 1 saturated heterocycles. The van der Waals surface area contributed by atoms with Gasteiger partial charge < -0.3 is 15.0 Å². The van der Waals surface area contributed by atoms with Gasteiger partial charge in [-0.15, -0.1) is 0 Å². The van der Waals surface area contributed by atoms with Gasteiger partial charge in [0.15, 0.2) is 0 Å². The van der Waals surface area contributed by atoms with E-state index in [0.29, 0.717) is 6.04 Å². The Morgan fingerprint density at radius 3 is 2.88 bits per heavy atom. The Bertz CT molecular complexity index is 169. The van der Waals surface area contributed by atoms with Crippen LogP contribution in [-0.4, -0.2) is 50.8 Å². The van der Waals surface area contributed by atoms with Crippen LogP contribution in [0.2, 0.25) is 0 Å². The van der Waals surface area contributed by atoms with Crippen LogP contribution in [0.5, 0.6) is 0 Å². The lowest BCUT2D eigenvalue weighted by molar-refractivity contribution is 0.124. The molecule has 2 atom stereocenters. The highest BCUT2D eigenvalue weighted by Gasteiger charge is 2.19. The fraction of sp³-hybridized carbons (Fsp3) is 1.00. The molecule has 1 aliphatic heterocycles. The van der Waals surface area contributed by atoms with Gasteiger partial charge in [-0.1, -0.05) is 6.92 Å². The summed E-state index contributed by atoms with van der Waals surface area (Å²) in [5.74, 6) is 0.846. The molecule has 96 valence electrons. The fourth-order valence-corrected chi connectivity index (χ4v) is 2.50. The third kappa shape index (κ3) is 4.81. The Morgan fingerprint density at radius 1 is 1.50 bits per heavy atom. The third-order valence-corrected chi connectivity index (χ3v) is 3.66. The molecular weight excluding hydrogens is 200 g/mol. The minimum absolute atomic E-state index is 0.645. The van der Waals surface area contributed by atoms with Crippen LogP contribution >= 0.6 is 0 Å². The van der Waals surface area contributed by atoms with Crippen LogP contribution in [0.4, 0.5) is 0 Å². The van der Waals surface area contributed by atoms with Crippen molar-refractivity contribution in [2.24, 2.45) is 5.92 Å². The predicted molar refractivity (Wildman–Crippen MR) is 68.8 cm³/mol. The topological polar surface area (TPSA) is 24.5 Å². The third-order valence-electron chi connectivity index (χ3n) is 3.66. The van der Waals surface area contributed by atoms with Crippen LogP contribution in [0.1, 0.15) is 33.1 Å². The second kappa shape index (κ2) is 8.04. The number of ether oxygens (including phenoxy) is 1. The first-order valence-electron chi connectivity index (χ1n) is 6.71. The number of hydrogen-bond donors (Lipinski definition) is 1. The Labute approximate surface area is 101 Å². The SMILES string of the molecule is CCN(CC1CCCNC1)C(C)CCOC. The molecule has 0 aromatic rings. The monoisotopic (exact) mass is 228 g/mol. The molecule has 0 radical (unpaired) electrons. The lowest BCUT2D eigenvalue weighted by Crippen LogP contribution is -2.42. The molecule has 0 aromatic carbocycles. The van der Waals surface area contributed by atoms with E-state index in [1.54, 1.807) is 7.11 Å². The summed E-state index contributed by atoms with van der Waals surface area (Å²) in [6.45, 7) is 10.3. The Morgan fingerprint density at radius 2 is 2.31 bits per heavy atom. The Hall–Kier alpha value is -0.120. The molecule has 3 nitrogen and oxygen atoms in total. The van der Waals surface area contributed by atoms with E-state index >= 15 is 0 Å². The number of piperidine rings is 1. The van der Waals surface area contributed by atoms with E-state index in [4.69, 9.17) is 4.74 Å². The smallest absolute Gasteiger partial charge is 0.0477 e. The van der Waals surface area contributed by atoms with Crippen molar-refractivity contribution in [2.45, 2.75) is 39.2 Å². The van der Waals surface area contributed by atoms with Gasteiger partial charge in [0, 0.05) is 26.3 Å². The highest BCUT2D eigenvalue weighted by Crippen LogP contribution is 2.14. The van der Waals surface area contributed by atoms with Gasteiger partial charge >= 0.3 is 0 Å². The maximum absolute atomic E-state index is 5.16. The van der Waals surface area contributed by atoms with E-state index in [1.165, 1.54) is 32.5 Å². The van der Waals surface area contributed by atoms with Crippen molar-refractivity contribution in [1.29, 1.82) is 0 Å². The maximum Gasteiger partial charge on any atom is 0.0477 e. The first-order chi connectivity index (χ1) is 7.77. The van der Waals surface area contributed by atoms with Crippen molar-refractivity contribution in [1.82, 2.24) is 10.2 Å². The molecular formula is C13H28N2O. The number of rotatable bonds is 7. The van der Waals surface area contributed by atoms with Gasteiger partial charge in [-0.25, -0.2) is 0 Å². The molecule has 1 heterocycles. The van der Waals surface area contributed by atoms with E-state index in [9.17, 15) is 0 Å². The van der Waals surface area contributed by atoms with E-state index < -0.39 is 0 Å². The van der Waals surface area contributed by atoms with Crippen LogP contribution in [-0.2, 0) is 4.74 Å². The first-order valence-corrected chi connectivity index (χ1v) is 6.71. The summed E-state index contributed by atoms with van der Waals surface area (Å²) in [4.78, 5) is 2.59. The van der Waals surface area contributed by atoms with Gasteiger partial charge in [-0.05, 0) is 51.7 Å². The summed E-state index contributed by atoms with van der Waals surface area (Å²) in [5.41, 5.74) is 0. The van der Waals surface area contributed by atoms with E-state index in [0.717, 1.165) is 25.5 Å². The van der Waals surface area contributed by atoms with E-state index in [2.05, 4.69) is 24.1 Å². The first kappa shape index (κ1) is 13.9. The molecule has 16 heavy (non-hydrogen) atoms. The average molecular weight is 228 g/mol. The number of hydrogen-bond acceptors (Lipinski definition) is 3. The van der Waals surface area contributed by atoms with Crippen LogP contribution in [0, 0.1) is 5.92 Å². The predicted octanol–water partition coefficient (Wildman–Crippen LogP) is 1.73. The highest BCUT2D eigenvalue weighted by atomic mass is 16.5. The highest BCUT2D eigenvalue weighted by molar-refractivity contribution is 4.75. The lowest BCUT2D eigenvalue weighted by Gasteiger charge is -2.33. The summed E-state index contributed by atoms with van der Waals surface area (Å²) >= 11 is 0. The zero-order valence-electron chi connectivity index (χ0n) is 11.2. The Kier molecular flexibility index (Phi) is 7.01. The molecule has 0 saturated carbocycles. The van der Waals surface area contributed by atoms with Gasteiger partial charge in [-0.2, -0.15) is 0 Å². The summed E-state index contributed by atoms with van der Waals surface area (Å²) in [6, 6.07) is 0.645. The van der Waals surface area contributed by atoms with Crippen molar-refractivity contribution in [3.05, 3.63) is 0 Å². The second-order valence-electron chi connectivity index (χ2n) is 4.93. The molecule has 0 aliphatic carbocycles. The summed E-state index contributed by atoms with van der Waals surface area (Å²) in [6.07, 6.45) is 3.87. The summed E-state index contributed by atoms with van der Waals surface area (Å²) in [7, 11) is 1.79. The van der Waals surface area contributed by atoms with Crippen LogP contribution in [0.3, 0.4) is 0 Å². The van der Waals surface area contributed by atoms with Crippen molar-refractivity contribution < 1.29 is 4.74 Å². The maximum atomic E-state index is 5.16.